The molecule has 1 N–H and O–H groups in total. The summed E-state index contributed by atoms with van der Waals surface area (Å²) in [4.78, 5) is 3.71. The van der Waals surface area contributed by atoms with E-state index in [1.807, 2.05) is 6.92 Å². The van der Waals surface area contributed by atoms with Gasteiger partial charge >= 0.3 is 0 Å². The molecule has 0 fully saturated rings. The van der Waals surface area contributed by atoms with E-state index < -0.39 is 23.5 Å². The predicted octanol–water partition coefficient (Wildman–Crippen LogP) is 3.78. The normalized spacial score (nSPS) is 12.4. The minimum atomic E-state index is -0.504. The summed E-state index contributed by atoms with van der Waals surface area (Å²) in [5.41, 5.74) is 0.627. The van der Waals surface area contributed by atoms with Crippen molar-refractivity contribution in [3.8, 4) is 0 Å². The molecule has 0 spiro atoms. The second-order valence-electron chi connectivity index (χ2n) is 4.84. The Morgan fingerprint density at radius 3 is 2.67 bits per heavy atom. The molecule has 0 aliphatic heterocycles. The van der Waals surface area contributed by atoms with Crippen LogP contribution >= 0.6 is 0 Å². The summed E-state index contributed by atoms with van der Waals surface area (Å²) >= 11 is 0. The van der Waals surface area contributed by atoms with Crippen LogP contribution in [0, 0.1) is 17.5 Å². The Kier molecular flexibility index (Phi) is 5.33. The zero-order valence-electron chi connectivity index (χ0n) is 11.7. The third-order valence-electron chi connectivity index (χ3n) is 3.25. The van der Waals surface area contributed by atoms with Crippen molar-refractivity contribution in [3.05, 3.63) is 65.2 Å². The molecule has 0 saturated carbocycles. The van der Waals surface area contributed by atoms with Gasteiger partial charge in [-0.05, 0) is 49.2 Å². The molecule has 0 aliphatic carbocycles. The van der Waals surface area contributed by atoms with E-state index in [0.717, 1.165) is 30.8 Å². The van der Waals surface area contributed by atoms with E-state index in [9.17, 15) is 13.2 Å². The molecule has 1 heterocycles. The van der Waals surface area contributed by atoms with Gasteiger partial charge in [0, 0.05) is 17.8 Å². The van der Waals surface area contributed by atoms with Crippen LogP contribution in [0.2, 0.25) is 0 Å². The lowest BCUT2D eigenvalue weighted by Crippen LogP contribution is -2.25. The summed E-state index contributed by atoms with van der Waals surface area (Å²) in [5.74, 6) is -1.45. The van der Waals surface area contributed by atoms with Gasteiger partial charge in [-0.15, -0.1) is 0 Å². The number of halogens is 3. The fourth-order valence-electron chi connectivity index (χ4n) is 2.20. The molecule has 1 aromatic carbocycles. The van der Waals surface area contributed by atoms with Crippen LogP contribution in [0.15, 0.2) is 36.7 Å². The smallest absolute Gasteiger partial charge is 0.146 e. The molecule has 0 amide bonds. The quantitative estimate of drug-likeness (QED) is 0.877. The van der Waals surface area contributed by atoms with Gasteiger partial charge < -0.3 is 5.32 Å². The lowest BCUT2D eigenvalue weighted by molar-refractivity contribution is 0.483. The van der Waals surface area contributed by atoms with E-state index in [1.54, 1.807) is 6.07 Å². The molecule has 1 unspecified atom stereocenters. The second-order valence-corrected chi connectivity index (χ2v) is 4.84. The highest BCUT2D eigenvalue weighted by molar-refractivity contribution is 5.25. The molecular formula is C16H17F3N2. The van der Waals surface area contributed by atoms with Gasteiger partial charge in [-0.25, -0.2) is 13.2 Å². The Hall–Kier alpha value is -1.88. The Morgan fingerprint density at radius 2 is 1.95 bits per heavy atom. The molecule has 1 aromatic heterocycles. The summed E-state index contributed by atoms with van der Waals surface area (Å²) in [6.45, 7) is 2.64. The van der Waals surface area contributed by atoms with Crippen LogP contribution in [0.25, 0.3) is 0 Å². The van der Waals surface area contributed by atoms with Crippen LogP contribution in [-0.2, 0) is 6.42 Å². The highest BCUT2D eigenvalue weighted by Gasteiger charge is 2.18. The van der Waals surface area contributed by atoms with Crippen molar-refractivity contribution >= 4 is 0 Å². The van der Waals surface area contributed by atoms with Crippen molar-refractivity contribution in [1.82, 2.24) is 10.3 Å². The molecule has 0 bridgehead atoms. The number of aromatic nitrogens is 1. The van der Waals surface area contributed by atoms with E-state index in [4.69, 9.17) is 0 Å². The van der Waals surface area contributed by atoms with E-state index in [2.05, 4.69) is 10.3 Å². The van der Waals surface area contributed by atoms with Gasteiger partial charge in [0.1, 0.15) is 17.5 Å². The highest BCUT2D eigenvalue weighted by Crippen LogP contribution is 2.22. The third kappa shape index (κ3) is 4.04. The van der Waals surface area contributed by atoms with E-state index in [-0.39, 0.29) is 12.0 Å². The lowest BCUT2D eigenvalue weighted by Gasteiger charge is -2.20. The monoisotopic (exact) mass is 294 g/mol. The van der Waals surface area contributed by atoms with Gasteiger partial charge in [0.15, 0.2) is 0 Å². The molecule has 5 heteroatoms. The SMILES string of the molecule is CCCNC(Cc1cc(F)ccc1F)c1ccncc1F. The van der Waals surface area contributed by atoms with Gasteiger partial charge in [-0.2, -0.15) is 0 Å². The van der Waals surface area contributed by atoms with Crippen molar-refractivity contribution in [2.24, 2.45) is 0 Å². The maximum Gasteiger partial charge on any atom is 0.146 e. The number of rotatable bonds is 6. The first-order chi connectivity index (χ1) is 10.1. The Balaban J connectivity index is 2.28. The summed E-state index contributed by atoms with van der Waals surface area (Å²) in [6.07, 6.45) is 3.64. The zero-order chi connectivity index (χ0) is 15.2. The molecule has 0 radical (unpaired) electrons. The van der Waals surface area contributed by atoms with E-state index in [0.29, 0.717) is 12.1 Å². The number of pyridine rings is 1. The number of benzene rings is 1. The molecular weight excluding hydrogens is 277 g/mol. The van der Waals surface area contributed by atoms with Crippen molar-refractivity contribution in [2.75, 3.05) is 6.54 Å². The van der Waals surface area contributed by atoms with Gasteiger partial charge in [0.05, 0.1) is 6.20 Å². The number of hydrogen-bond donors (Lipinski definition) is 1. The molecule has 1 atom stereocenters. The fourth-order valence-corrected chi connectivity index (χ4v) is 2.20. The van der Waals surface area contributed by atoms with Gasteiger partial charge in [0.25, 0.3) is 0 Å². The average molecular weight is 294 g/mol. The van der Waals surface area contributed by atoms with Gasteiger partial charge in [-0.3, -0.25) is 4.98 Å². The maximum atomic E-state index is 13.9. The first kappa shape index (κ1) is 15.5. The van der Waals surface area contributed by atoms with Crippen molar-refractivity contribution in [2.45, 2.75) is 25.8 Å². The molecule has 0 aliphatic rings. The van der Waals surface area contributed by atoms with Crippen molar-refractivity contribution in [1.29, 1.82) is 0 Å². The van der Waals surface area contributed by atoms with E-state index >= 15 is 0 Å². The number of nitrogens with zero attached hydrogens (tertiary/aromatic N) is 1. The fraction of sp³-hybridized carbons (Fsp3) is 0.312. The van der Waals surface area contributed by atoms with Crippen LogP contribution < -0.4 is 5.32 Å². The summed E-state index contributed by atoms with van der Waals surface area (Å²) in [5, 5.41) is 3.16. The second kappa shape index (κ2) is 7.22. The Morgan fingerprint density at radius 1 is 1.14 bits per heavy atom. The third-order valence-corrected chi connectivity index (χ3v) is 3.25. The molecule has 21 heavy (non-hydrogen) atoms. The maximum absolute atomic E-state index is 13.9. The Labute approximate surface area is 122 Å². The Bertz CT molecular complexity index is 602. The zero-order valence-corrected chi connectivity index (χ0v) is 11.7. The number of hydrogen-bond acceptors (Lipinski definition) is 2. The average Bonchev–Trinajstić information content (AvgIpc) is 2.48. The van der Waals surface area contributed by atoms with Crippen LogP contribution in [-0.4, -0.2) is 11.5 Å². The van der Waals surface area contributed by atoms with Crippen molar-refractivity contribution in [3.63, 3.8) is 0 Å². The first-order valence-corrected chi connectivity index (χ1v) is 6.88. The molecule has 112 valence electrons. The van der Waals surface area contributed by atoms with Crippen molar-refractivity contribution < 1.29 is 13.2 Å². The van der Waals surface area contributed by atoms with Crippen LogP contribution in [0.3, 0.4) is 0 Å². The lowest BCUT2D eigenvalue weighted by atomic mass is 9.98. The summed E-state index contributed by atoms with van der Waals surface area (Å²) in [6, 6.07) is 4.43. The predicted molar refractivity (Wildman–Crippen MR) is 75.3 cm³/mol. The van der Waals surface area contributed by atoms with E-state index in [1.165, 1.54) is 6.20 Å². The molecule has 2 rings (SSSR count). The largest absolute Gasteiger partial charge is 0.310 e. The molecule has 2 aromatic rings. The molecule has 2 nitrogen and oxygen atoms in total. The highest BCUT2D eigenvalue weighted by atomic mass is 19.1. The molecule has 0 saturated heterocycles. The van der Waals surface area contributed by atoms with Gasteiger partial charge in [0.2, 0.25) is 0 Å². The van der Waals surface area contributed by atoms with Crippen LogP contribution in [0.5, 0.6) is 0 Å². The minimum absolute atomic E-state index is 0.171. The van der Waals surface area contributed by atoms with Gasteiger partial charge in [-0.1, -0.05) is 6.92 Å². The number of nitrogens with one attached hydrogen (secondary N) is 1. The summed E-state index contributed by atoms with van der Waals surface area (Å²) in [7, 11) is 0. The van der Waals surface area contributed by atoms with Crippen LogP contribution in [0.4, 0.5) is 13.2 Å². The topological polar surface area (TPSA) is 24.9 Å². The minimum Gasteiger partial charge on any atom is -0.310 e. The standard InChI is InChI=1S/C16H17F3N2/c1-2-6-21-16(13-5-7-20-10-15(13)19)9-11-8-12(17)3-4-14(11)18/h3-5,7-8,10,16,21H,2,6,9H2,1H3. The first-order valence-electron chi connectivity index (χ1n) is 6.88. The van der Waals surface area contributed by atoms with Crippen LogP contribution in [0.1, 0.15) is 30.5 Å². The summed E-state index contributed by atoms with van der Waals surface area (Å²) < 4.78 is 40.9.